The molecule has 0 aliphatic heterocycles. The van der Waals surface area contributed by atoms with E-state index in [9.17, 15) is 15.2 Å². The molecule has 1 unspecified atom stereocenters. The lowest BCUT2D eigenvalue weighted by molar-refractivity contribution is -0.390. The van der Waals surface area contributed by atoms with Gasteiger partial charge in [0, 0.05) is 12.1 Å². The van der Waals surface area contributed by atoms with E-state index in [4.69, 9.17) is 4.74 Å². The summed E-state index contributed by atoms with van der Waals surface area (Å²) in [7, 11) is 0. The fourth-order valence-corrected chi connectivity index (χ4v) is 1.30. The Balaban J connectivity index is 2.51. The van der Waals surface area contributed by atoms with Gasteiger partial charge in [-0.25, -0.2) is 0 Å². The van der Waals surface area contributed by atoms with E-state index in [1.54, 1.807) is 6.07 Å². The molecule has 0 aromatic carbocycles. The summed E-state index contributed by atoms with van der Waals surface area (Å²) in [6.07, 6.45) is 0.571. The molecule has 0 amide bonds. The fraction of sp³-hybridized carbons (Fsp3) is 0.583. The van der Waals surface area contributed by atoms with E-state index in [-0.39, 0.29) is 23.7 Å². The van der Waals surface area contributed by atoms with Crippen LogP contribution >= 0.6 is 0 Å². The number of rotatable bonds is 6. The van der Waals surface area contributed by atoms with E-state index in [1.165, 1.54) is 12.3 Å². The van der Waals surface area contributed by atoms with Crippen molar-refractivity contribution in [1.29, 1.82) is 0 Å². The maximum absolute atomic E-state index is 10.7. The van der Waals surface area contributed by atoms with Crippen LogP contribution in [0.15, 0.2) is 18.3 Å². The van der Waals surface area contributed by atoms with E-state index in [2.05, 4.69) is 10.3 Å². The minimum atomic E-state index is -0.751. The Bertz CT molecular complexity index is 431. The van der Waals surface area contributed by atoms with Gasteiger partial charge >= 0.3 is 5.82 Å². The highest BCUT2D eigenvalue weighted by Crippen LogP contribution is 2.22. The molecule has 1 atom stereocenters. The first kappa shape index (κ1) is 15.3. The first-order chi connectivity index (χ1) is 8.79. The maximum atomic E-state index is 10.7. The zero-order valence-electron chi connectivity index (χ0n) is 11.3. The van der Waals surface area contributed by atoms with Gasteiger partial charge in [-0.05, 0) is 42.8 Å². The zero-order chi connectivity index (χ0) is 14.5. The molecule has 1 rings (SSSR count). The Morgan fingerprint density at radius 1 is 1.58 bits per heavy atom. The van der Waals surface area contributed by atoms with Gasteiger partial charge in [0.15, 0.2) is 0 Å². The second kappa shape index (κ2) is 6.44. The van der Waals surface area contributed by atoms with Gasteiger partial charge in [0.2, 0.25) is 5.75 Å². The van der Waals surface area contributed by atoms with Crippen molar-refractivity contribution in [2.75, 3.05) is 13.2 Å². The average Bonchev–Trinajstić information content (AvgIpc) is 2.33. The highest BCUT2D eigenvalue weighted by Gasteiger charge is 2.17. The van der Waals surface area contributed by atoms with E-state index in [0.717, 1.165) is 0 Å². The van der Waals surface area contributed by atoms with Crippen LogP contribution in [-0.4, -0.2) is 39.8 Å². The molecule has 1 aromatic heterocycles. The summed E-state index contributed by atoms with van der Waals surface area (Å²) in [5.74, 6) is -0.291. The number of aromatic nitrogens is 1. The minimum absolute atomic E-state index is 0.0321. The number of aliphatic hydroxyl groups is 1. The van der Waals surface area contributed by atoms with Gasteiger partial charge in [-0.3, -0.25) is 0 Å². The number of nitrogens with zero attached hydrogens (tertiary/aromatic N) is 2. The molecule has 0 bridgehead atoms. The molecule has 0 aliphatic carbocycles. The summed E-state index contributed by atoms with van der Waals surface area (Å²) in [5.41, 5.74) is -0.110. The molecular weight excluding hydrogens is 250 g/mol. The molecular formula is C12H19N3O4. The van der Waals surface area contributed by atoms with Crippen molar-refractivity contribution in [2.24, 2.45) is 0 Å². The number of β-amino-alcohol motifs (C(OH)–C–C–N with tert-alkyl or cyclic N) is 1. The maximum Gasteiger partial charge on any atom is 0.406 e. The van der Waals surface area contributed by atoms with Crippen molar-refractivity contribution in [3.05, 3.63) is 28.4 Å². The van der Waals surface area contributed by atoms with E-state index in [1.807, 2.05) is 20.8 Å². The normalized spacial score (nSPS) is 13.1. The van der Waals surface area contributed by atoms with E-state index >= 15 is 0 Å². The van der Waals surface area contributed by atoms with Gasteiger partial charge in [0.05, 0.1) is 0 Å². The molecule has 19 heavy (non-hydrogen) atoms. The van der Waals surface area contributed by atoms with Crippen LogP contribution in [0.3, 0.4) is 0 Å². The third-order valence-corrected chi connectivity index (χ3v) is 2.22. The van der Waals surface area contributed by atoms with Gasteiger partial charge in [-0.2, -0.15) is 0 Å². The summed E-state index contributed by atoms with van der Waals surface area (Å²) < 4.78 is 5.23. The summed E-state index contributed by atoms with van der Waals surface area (Å²) in [4.78, 5) is 13.7. The van der Waals surface area contributed by atoms with Crippen molar-refractivity contribution in [3.8, 4) is 5.75 Å². The molecule has 106 valence electrons. The molecule has 0 spiro atoms. The average molecular weight is 269 g/mol. The second-order valence-corrected chi connectivity index (χ2v) is 5.18. The summed E-state index contributed by atoms with van der Waals surface area (Å²) in [6.45, 7) is 6.25. The standard InChI is InChI=1S/C12H19N3O4/c1-12(2,3)14-7-9(16)8-19-10-5-4-6-13-11(10)15(17)18/h4-6,9,14,16H,7-8H2,1-3H3. The van der Waals surface area contributed by atoms with Gasteiger partial charge in [-0.15, -0.1) is 0 Å². The van der Waals surface area contributed by atoms with Crippen LogP contribution in [0.1, 0.15) is 20.8 Å². The van der Waals surface area contributed by atoms with Crippen LogP contribution in [0.2, 0.25) is 0 Å². The van der Waals surface area contributed by atoms with Crippen molar-refractivity contribution in [1.82, 2.24) is 10.3 Å². The Morgan fingerprint density at radius 3 is 2.84 bits per heavy atom. The minimum Gasteiger partial charge on any atom is -0.483 e. The Labute approximate surface area is 111 Å². The molecule has 0 radical (unpaired) electrons. The highest BCUT2D eigenvalue weighted by molar-refractivity contribution is 5.38. The largest absolute Gasteiger partial charge is 0.483 e. The monoisotopic (exact) mass is 269 g/mol. The third-order valence-electron chi connectivity index (χ3n) is 2.22. The molecule has 1 heterocycles. The van der Waals surface area contributed by atoms with Gasteiger partial charge in [0.1, 0.15) is 18.9 Å². The Kier molecular flexibility index (Phi) is 5.20. The quantitative estimate of drug-likeness (QED) is 0.593. The van der Waals surface area contributed by atoms with Crippen molar-refractivity contribution >= 4 is 5.82 Å². The number of pyridine rings is 1. The molecule has 0 saturated carbocycles. The van der Waals surface area contributed by atoms with Crippen LogP contribution in [0.4, 0.5) is 5.82 Å². The number of aliphatic hydroxyl groups excluding tert-OH is 1. The number of ether oxygens (including phenoxy) is 1. The van der Waals surface area contributed by atoms with Crippen LogP contribution in [0, 0.1) is 10.1 Å². The number of hydrogen-bond donors (Lipinski definition) is 2. The second-order valence-electron chi connectivity index (χ2n) is 5.18. The smallest absolute Gasteiger partial charge is 0.406 e. The summed E-state index contributed by atoms with van der Waals surface area (Å²) in [5, 5.41) is 23.6. The lowest BCUT2D eigenvalue weighted by Gasteiger charge is -2.22. The molecule has 0 fully saturated rings. The predicted molar refractivity (Wildman–Crippen MR) is 70.1 cm³/mol. The van der Waals surface area contributed by atoms with Crippen molar-refractivity contribution in [3.63, 3.8) is 0 Å². The lowest BCUT2D eigenvalue weighted by atomic mass is 10.1. The Hall–Kier alpha value is -1.73. The Morgan fingerprint density at radius 2 is 2.26 bits per heavy atom. The molecule has 7 heteroatoms. The van der Waals surface area contributed by atoms with Crippen LogP contribution in [0.5, 0.6) is 5.75 Å². The first-order valence-corrected chi connectivity index (χ1v) is 5.95. The van der Waals surface area contributed by atoms with Gasteiger partial charge < -0.3 is 25.3 Å². The predicted octanol–water partition coefficient (Wildman–Crippen LogP) is 1.12. The summed E-state index contributed by atoms with van der Waals surface area (Å²) in [6, 6.07) is 3.00. The van der Waals surface area contributed by atoms with E-state index < -0.39 is 11.0 Å². The SMILES string of the molecule is CC(C)(C)NCC(O)COc1cccnc1[N+](=O)[O-]. The lowest BCUT2D eigenvalue weighted by Crippen LogP contribution is -2.42. The third kappa shape index (κ3) is 5.62. The van der Waals surface area contributed by atoms with Crippen molar-refractivity contribution < 1.29 is 14.8 Å². The molecule has 1 aromatic rings. The van der Waals surface area contributed by atoms with Gasteiger partial charge in [0.25, 0.3) is 0 Å². The number of hydrogen-bond acceptors (Lipinski definition) is 6. The van der Waals surface area contributed by atoms with Crippen LogP contribution < -0.4 is 10.1 Å². The molecule has 0 aliphatic rings. The van der Waals surface area contributed by atoms with Gasteiger partial charge in [-0.1, -0.05) is 0 Å². The number of nitrogens with one attached hydrogen (secondary N) is 1. The molecule has 7 nitrogen and oxygen atoms in total. The van der Waals surface area contributed by atoms with E-state index in [0.29, 0.717) is 6.54 Å². The number of nitro groups is 1. The topological polar surface area (TPSA) is 97.5 Å². The zero-order valence-corrected chi connectivity index (χ0v) is 11.3. The van der Waals surface area contributed by atoms with Crippen LogP contribution in [-0.2, 0) is 0 Å². The fourth-order valence-electron chi connectivity index (χ4n) is 1.30. The van der Waals surface area contributed by atoms with Crippen molar-refractivity contribution in [2.45, 2.75) is 32.4 Å². The molecule has 2 N–H and O–H groups in total. The summed E-state index contributed by atoms with van der Waals surface area (Å²) >= 11 is 0. The first-order valence-electron chi connectivity index (χ1n) is 5.95. The molecule has 0 saturated heterocycles. The highest BCUT2D eigenvalue weighted by atomic mass is 16.6. The van der Waals surface area contributed by atoms with Crippen LogP contribution in [0.25, 0.3) is 0 Å².